The SMILES string of the molecule is O=C(O)c1cc2cc(Br)cc(NC(=O)C3CCNCC3)c2o1. The van der Waals surface area contributed by atoms with E-state index in [4.69, 9.17) is 9.52 Å². The second-order valence-corrected chi connectivity index (χ2v) is 6.22. The lowest BCUT2D eigenvalue weighted by Gasteiger charge is -2.21. The molecule has 0 radical (unpaired) electrons. The molecule has 1 fully saturated rings. The highest BCUT2D eigenvalue weighted by Gasteiger charge is 2.22. The topological polar surface area (TPSA) is 91.6 Å². The first-order valence-electron chi connectivity index (χ1n) is 7.02. The Labute approximate surface area is 135 Å². The van der Waals surface area contributed by atoms with Gasteiger partial charge < -0.3 is 20.2 Å². The van der Waals surface area contributed by atoms with Crippen LogP contribution in [0.3, 0.4) is 0 Å². The lowest BCUT2D eigenvalue weighted by molar-refractivity contribution is -0.120. The maximum atomic E-state index is 12.4. The highest BCUT2D eigenvalue weighted by molar-refractivity contribution is 9.10. The van der Waals surface area contributed by atoms with Gasteiger partial charge in [0.05, 0.1) is 5.69 Å². The number of carbonyl (C=O) groups excluding carboxylic acids is 1. The second-order valence-electron chi connectivity index (χ2n) is 5.30. The molecule has 1 amide bonds. The van der Waals surface area contributed by atoms with Gasteiger partial charge in [-0.3, -0.25) is 4.79 Å². The first kappa shape index (κ1) is 15.1. The van der Waals surface area contributed by atoms with Crippen LogP contribution < -0.4 is 10.6 Å². The Kier molecular flexibility index (Phi) is 4.17. The Morgan fingerprint density at radius 1 is 1.27 bits per heavy atom. The summed E-state index contributed by atoms with van der Waals surface area (Å²) in [5, 5.41) is 15.7. The Hall–Kier alpha value is -1.86. The Bertz CT molecular complexity index is 734. The number of amides is 1. The van der Waals surface area contributed by atoms with Crippen LogP contribution in [0.25, 0.3) is 11.0 Å². The Morgan fingerprint density at radius 3 is 2.68 bits per heavy atom. The molecule has 2 aromatic rings. The fourth-order valence-corrected chi connectivity index (χ4v) is 3.11. The van der Waals surface area contributed by atoms with E-state index in [9.17, 15) is 9.59 Å². The minimum Gasteiger partial charge on any atom is -0.475 e. The molecule has 0 atom stereocenters. The summed E-state index contributed by atoms with van der Waals surface area (Å²) in [6.45, 7) is 1.66. The smallest absolute Gasteiger partial charge is 0.371 e. The van der Waals surface area contributed by atoms with E-state index in [1.165, 1.54) is 6.07 Å². The number of piperidine rings is 1. The summed E-state index contributed by atoms with van der Waals surface area (Å²) in [6.07, 6.45) is 1.59. The third-order valence-electron chi connectivity index (χ3n) is 3.76. The highest BCUT2D eigenvalue weighted by Crippen LogP contribution is 2.31. The van der Waals surface area contributed by atoms with Crippen LogP contribution in [0.4, 0.5) is 5.69 Å². The molecule has 0 aliphatic carbocycles. The van der Waals surface area contributed by atoms with Crippen molar-refractivity contribution in [2.45, 2.75) is 12.8 Å². The van der Waals surface area contributed by atoms with Gasteiger partial charge in [0.25, 0.3) is 0 Å². The maximum absolute atomic E-state index is 12.4. The number of rotatable bonds is 3. The lowest BCUT2D eigenvalue weighted by Crippen LogP contribution is -2.34. The zero-order valence-corrected chi connectivity index (χ0v) is 13.3. The molecule has 3 rings (SSSR count). The number of carboxylic acids is 1. The van der Waals surface area contributed by atoms with Crippen molar-refractivity contribution < 1.29 is 19.1 Å². The summed E-state index contributed by atoms with van der Waals surface area (Å²) in [5.41, 5.74) is 0.864. The Morgan fingerprint density at radius 2 is 2.00 bits per heavy atom. The number of nitrogens with one attached hydrogen (secondary N) is 2. The van der Waals surface area contributed by atoms with Crippen molar-refractivity contribution in [3.63, 3.8) is 0 Å². The van der Waals surface area contributed by atoms with Crippen LogP contribution in [-0.2, 0) is 4.79 Å². The molecule has 1 aliphatic rings. The van der Waals surface area contributed by atoms with Gasteiger partial charge in [0.15, 0.2) is 5.58 Å². The van der Waals surface area contributed by atoms with Gasteiger partial charge in [-0.2, -0.15) is 0 Å². The van der Waals surface area contributed by atoms with Crippen LogP contribution in [0.5, 0.6) is 0 Å². The minimum absolute atomic E-state index is 0.0378. The lowest BCUT2D eigenvalue weighted by atomic mass is 9.97. The number of hydrogen-bond donors (Lipinski definition) is 3. The first-order chi connectivity index (χ1) is 10.5. The number of halogens is 1. The molecule has 7 heteroatoms. The van der Waals surface area contributed by atoms with E-state index >= 15 is 0 Å². The molecule has 3 N–H and O–H groups in total. The van der Waals surface area contributed by atoms with Crippen molar-refractivity contribution in [2.24, 2.45) is 5.92 Å². The Balaban J connectivity index is 1.91. The van der Waals surface area contributed by atoms with Crippen LogP contribution in [0.2, 0.25) is 0 Å². The molecule has 1 aromatic heterocycles. The fraction of sp³-hybridized carbons (Fsp3) is 0.333. The van der Waals surface area contributed by atoms with E-state index in [2.05, 4.69) is 26.6 Å². The number of furan rings is 1. The molecule has 0 bridgehead atoms. The molecular weight excluding hydrogens is 352 g/mol. The molecule has 0 saturated carbocycles. The summed E-state index contributed by atoms with van der Waals surface area (Å²) in [4.78, 5) is 23.4. The molecule has 0 spiro atoms. The van der Waals surface area contributed by atoms with Gasteiger partial charge in [-0.15, -0.1) is 0 Å². The van der Waals surface area contributed by atoms with Crippen molar-refractivity contribution >= 4 is 44.5 Å². The normalized spacial score (nSPS) is 15.9. The average Bonchev–Trinajstić information content (AvgIpc) is 2.92. The number of benzene rings is 1. The number of carboxylic acid groups (broad SMARTS) is 1. The van der Waals surface area contributed by atoms with Gasteiger partial charge in [-0.1, -0.05) is 15.9 Å². The number of hydrogen-bond acceptors (Lipinski definition) is 4. The molecule has 6 nitrogen and oxygen atoms in total. The van der Waals surface area contributed by atoms with Gasteiger partial charge in [0, 0.05) is 15.8 Å². The summed E-state index contributed by atoms with van der Waals surface area (Å²) in [6, 6.07) is 4.92. The van der Waals surface area contributed by atoms with Gasteiger partial charge in [0.1, 0.15) is 0 Å². The van der Waals surface area contributed by atoms with E-state index in [0.29, 0.717) is 16.7 Å². The number of carbonyl (C=O) groups is 2. The zero-order valence-electron chi connectivity index (χ0n) is 11.7. The molecule has 116 valence electrons. The van der Waals surface area contributed by atoms with E-state index in [-0.39, 0.29) is 17.6 Å². The average molecular weight is 367 g/mol. The van der Waals surface area contributed by atoms with Gasteiger partial charge in [0.2, 0.25) is 11.7 Å². The summed E-state index contributed by atoms with van der Waals surface area (Å²) in [7, 11) is 0. The quantitative estimate of drug-likeness (QED) is 0.776. The summed E-state index contributed by atoms with van der Waals surface area (Å²) in [5.74, 6) is -1.38. The van der Waals surface area contributed by atoms with Crippen LogP contribution in [-0.4, -0.2) is 30.1 Å². The van der Waals surface area contributed by atoms with Crippen LogP contribution in [0.1, 0.15) is 23.4 Å². The summed E-state index contributed by atoms with van der Waals surface area (Å²) < 4.78 is 6.10. The van der Waals surface area contributed by atoms with Gasteiger partial charge in [-0.25, -0.2) is 4.79 Å². The zero-order chi connectivity index (χ0) is 15.7. The number of aromatic carboxylic acids is 1. The van der Waals surface area contributed by atoms with Crippen molar-refractivity contribution in [2.75, 3.05) is 18.4 Å². The number of fused-ring (bicyclic) bond motifs is 1. The van der Waals surface area contributed by atoms with E-state index < -0.39 is 5.97 Å². The monoisotopic (exact) mass is 366 g/mol. The fourth-order valence-electron chi connectivity index (χ4n) is 2.63. The van der Waals surface area contributed by atoms with Crippen molar-refractivity contribution in [1.82, 2.24) is 5.32 Å². The molecule has 1 aliphatic heterocycles. The van der Waals surface area contributed by atoms with Gasteiger partial charge in [-0.05, 0) is 44.1 Å². The largest absolute Gasteiger partial charge is 0.475 e. The van der Waals surface area contributed by atoms with E-state index in [1.807, 2.05) is 0 Å². The van der Waals surface area contributed by atoms with Crippen molar-refractivity contribution in [3.05, 3.63) is 28.4 Å². The molecule has 22 heavy (non-hydrogen) atoms. The molecule has 1 saturated heterocycles. The molecule has 0 unspecified atom stereocenters. The first-order valence-corrected chi connectivity index (χ1v) is 7.82. The van der Waals surface area contributed by atoms with Crippen molar-refractivity contribution in [3.8, 4) is 0 Å². The van der Waals surface area contributed by atoms with E-state index in [0.717, 1.165) is 30.4 Å². The summed E-state index contributed by atoms with van der Waals surface area (Å²) >= 11 is 3.37. The third kappa shape index (κ3) is 3.00. The third-order valence-corrected chi connectivity index (χ3v) is 4.22. The van der Waals surface area contributed by atoms with Crippen LogP contribution in [0.15, 0.2) is 27.1 Å². The predicted molar refractivity (Wildman–Crippen MR) is 85.1 cm³/mol. The second kappa shape index (κ2) is 6.10. The minimum atomic E-state index is -1.14. The van der Waals surface area contributed by atoms with E-state index in [1.54, 1.807) is 12.1 Å². The van der Waals surface area contributed by atoms with Gasteiger partial charge >= 0.3 is 5.97 Å². The van der Waals surface area contributed by atoms with Crippen molar-refractivity contribution in [1.29, 1.82) is 0 Å². The van der Waals surface area contributed by atoms with Crippen LogP contribution in [0, 0.1) is 5.92 Å². The molecular formula is C15H15BrN2O4. The van der Waals surface area contributed by atoms with Crippen LogP contribution >= 0.6 is 15.9 Å². The molecule has 2 heterocycles. The maximum Gasteiger partial charge on any atom is 0.371 e. The highest BCUT2D eigenvalue weighted by atomic mass is 79.9. The standard InChI is InChI=1S/C15H15BrN2O4/c16-10-5-9-6-12(15(20)21)22-13(9)11(7-10)18-14(19)8-1-3-17-4-2-8/h5-8,17H,1-4H2,(H,18,19)(H,20,21). The molecule has 1 aromatic carbocycles. The predicted octanol–water partition coefficient (Wildman–Crippen LogP) is 2.83. The number of anilines is 1.